The average Bonchev–Trinajstić information content (AvgIpc) is 2.37. The third kappa shape index (κ3) is 4.05. The van der Waals surface area contributed by atoms with Crippen LogP contribution in [0.1, 0.15) is 32.5 Å². The number of halogens is 1. The maximum absolute atomic E-state index is 12.1. The van der Waals surface area contributed by atoms with Crippen molar-refractivity contribution in [3.63, 3.8) is 0 Å². The standard InChI is InChI=1S/C13H19ClN4O2/c1-13(2,3)20-12(19)18-5-4-16-10(8-18)9-6-15-7-11(14)17-9/h6-7,10,16H,4-5,8H2,1-3H3. The van der Waals surface area contributed by atoms with Crippen molar-refractivity contribution in [2.45, 2.75) is 32.4 Å². The summed E-state index contributed by atoms with van der Waals surface area (Å²) in [5.74, 6) is 0. The highest BCUT2D eigenvalue weighted by molar-refractivity contribution is 6.29. The van der Waals surface area contributed by atoms with Crippen LogP contribution in [0.5, 0.6) is 0 Å². The molecule has 1 aromatic heterocycles. The monoisotopic (exact) mass is 298 g/mol. The number of hydrogen-bond donors (Lipinski definition) is 1. The van der Waals surface area contributed by atoms with Gasteiger partial charge in [-0.1, -0.05) is 11.6 Å². The molecule has 0 aliphatic carbocycles. The van der Waals surface area contributed by atoms with E-state index in [2.05, 4.69) is 15.3 Å². The first-order chi connectivity index (χ1) is 9.35. The molecule has 0 radical (unpaired) electrons. The van der Waals surface area contributed by atoms with Crippen molar-refractivity contribution in [1.29, 1.82) is 0 Å². The number of carbonyl (C=O) groups is 1. The minimum Gasteiger partial charge on any atom is -0.444 e. The van der Waals surface area contributed by atoms with Crippen LogP contribution in [0.15, 0.2) is 12.4 Å². The molecule has 6 nitrogen and oxygen atoms in total. The summed E-state index contributed by atoms with van der Waals surface area (Å²) in [5, 5.41) is 3.65. The highest BCUT2D eigenvalue weighted by atomic mass is 35.5. The van der Waals surface area contributed by atoms with Crippen molar-refractivity contribution < 1.29 is 9.53 Å². The second-order valence-corrected chi connectivity index (χ2v) is 6.09. The Hall–Kier alpha value is -1.40. The predicted molar refractivity (Wildman–Crippen MR) is 75.6 cm³/mol. The van der Waals surface area contributed by atoms with E-state index in [1.54, 1.807) is 11.1 Å². The molecule has 1 atom stereocenters. The summed E-state index contributed by atoms with van der Waals surface area (Å²) in [6, 6.07) is -0.0810. The Morgan fingerprint density at radius 1 is 1.50 bits per heavy atom. The number of aromatic nitrogens is 2. The van der Waals surface area contributed by atoms with Gasteiger partial charge in [0.05, 0.1) is 24.1 Å². The molecule has 2 heterocycles. The summed E-state index contributed by atoms with van der Waals surface area (Å²) in [6.07, 6.45) is 2.83. The largest absolute Gasteiger partial charge is 0.444 e. The molecule has 0 aromatic carbocycles. The Bertz CT molecular complexity index is 490. The van der Waals surface area contributed by atoms with Crippen LogP contribution in [-0.4, -0.2) is 46.2 Å². The molecule has 1 aliphatic heterocycles. The molecule has 7 heteroatoms. The van der Waals surface area contributed by atoms with E-state index >= 15 is 0 Å². The zero-order chi connectivity index (χ0) is 14.8. The van der Waals surface area contributed by atoms with Crippen molar-refractivity contribution in [3.8, 4) is 0 Å². The van der Waals surface area contributed by atoms with Gasteiger partial charge >= 0.3 is 6.09 Å². The van der Waals surface area contributed by atoms with Crippen LogP contribution in [0.25, 0.3) is 0 Å². The number of nitrogens with zero attached hydrogens (tertiary/aromatic N) is 3. The average molecular weight is 299 g/mol. The smallest absolute Gasteiger partial charge is 0.410 e. The van der Waals surface area contributed by atoms with Crippen LogP contribution in [-0.2, 0) is 4.74 Å². The van der Waals surface area contributed by atoms with Gasteiger partial charge in [0.25, 0.3) is 0 Å². The van der Waals surface area contributed by atoms with E-state index in [0.29, 0.717) is 24.8 Å². The zero-order valence-corrected chi connectivity index (χ0v) is 12.6. The van der Waals surface area contributed by atoms with Gasteiger partial charge in [-0.15, -0.1) is 0 Å². The first kappa shape index (κ1) is 15.0. The van der Waals surface area contributed by atoms with E-state index in [-0.39, 0.29) is 12.1 Å². The van der Waals surface area contributed by atoms with Gasteiger partial charge in [-0.3, -0.25) is 4.98 Å². The van der Waals surface area contributed by atoms with Crippen molar-refractivity contribution in [1.82, 2.24) is 20.2 Å². The Morgan fingerprint density at radius 3 is 2.90 bits per heavy atom. The third-order valence-electron chi connectivity index (χ3n) is 2.81. The van der Waals surface area contributed by atoms with Crippen LogP contribution in [0.2, 0.25) is 5.15 Å². The molecule has 1 N–H and O–H groups in total. The maximum atomic E-state index is 12.1. The van der Waals surface area contributed by atoms with Crippen LogP contribution < -0.4 is 5.32 Å². The number of rotatable bonds is 1. The van der Waals surface area contributed by atoms with E-state index in [9.17, 15) is 4.79 Å². The second-order valence-electron chi connectivity index (χ2n) is 5.70. The Kier molecular flexibility index (Phi) is 4.45. The summed E-state index contributed by atoms with van der Waals surface area (Å²) in [4.78, 5) is 22.0. The molecule has 1 amide bonds. The van der Waals surface area contributed by atoms with Gasteiger partial charge in [0.15, 0.2) is 0 Å². The van der Waals surface area contributed by atoms with E-state index < -0.39 is 5.60 Å². The van der Waals surface area contributed by atoms with Crippen LogP contribution >= 0.6 is 11.6 Å². The minimum absolute atomic E-state index is 0.0810. The molecule has 1 unspecified atom stereocenters. The highest BCUT2D eigenvalue weighted by Gasteiger charge is 2.28. The highest BCUT2D eigenvalue weighted by Crippen LogP contribution is 2.18. The predicted octanol–water partition coefficient (Wildman–Crippen LogP) is 2.01. The van der Waals surface area contributed by atoms with E-state index in [4.69, 9.17) is 16.3 Å². The van der Waals surface area contributed by atoms with Crippen LogP contribution in [0, 0.1) is 0 Å². The Balaban J connectivity index is 2.03. The summed E-state index contributed by atoms with van der Waals surface area (Å²) < 4.78 is 5.38. The van der Waals surface area contributed by atoms with Gasteiger partial charge in [-0.25, -0.2) is 9.78 Å². The lowest BCUT2D eigenvalue weighted by Gasteiger charge is -2.34. The molecule has 1 fully saturated rings. The Labute approximate surface area is 123 Å². The minimum atomic E-state index is -0.493. The molecule has 110 valence electrons. The number of hydrogen-bond acceptors (Lipinski definition) is 5. The number of piperazine rings is 1. The molecule has 0 spiro atoms. The fraction of sp³-hybridized carbons (Fsp3) is 0.615. The van der Waals surface area contributed by atoms with Crippen molar-refractivity contribution in [2.24, 2.45) is 0 Å². The van der Waals surface area contributed by atoms with Gasteiger partial charge < -0.3 is 15.0 Å². The lowest BCUT2D eigenvalue weighted by atomic mass is 10.1. The third-order valence-corrected chi connectivity index (χ3v) is 2.99. The number of carbonyl (C=O) groups excluding carboxylic acids is 1. The molecule has 1 aliphatic rings. The first-order valence-electron chi connectivity index (χ1n) is 6.54. The molecule has 1 aromatic rings. The van der Waals surface area contributed by atoms with Crippen LogP contribution in [0.4, 0.5) is 4.79 Å². The van der Waals surface area contributed by atoms with E-state index in [1.165, 1.54) is 6.20 Å². The first-order valence-corrected chi connectivity index (χ1v) is 6.92. The molecular formula is C13H19ClN4O2. The molecule has 0 saturated carbocycles. The van der Waals surface area contributed by atoms with E-state index in [1.807, 2.05) is 20.8 Å². The number of ether oxygens (including phenoxy) is 1. The molecule has 20 heavy (non-hydrogen) atoms. The normalized spacial score (nSPS) is 19.8. The fourth-order valence-electron chi connectivity index (χ4n) is 1.96. The Morgan fingerprint density at radius 2 is 2.25 bits per heavy atom. The SMILES string of the molecule is CC(C)(C)OC(=O)N1CCNC(c2cncc(Cl)n2)C1. The zero-order valence-electron chi connectivity index (χ0n) is 11.9. The summed E-state index contributed by atoms with van der Waals surface area (Å²) in [7, 11) is 0. The van der Waals surface area contributed by atoms with Gasteiger partial charge in [0, 0.05) is 19.6 Å². The maximum Gasteiger partial charge on any atom is 0.410 e. The topological polar surface area (TPSA) is 67.3 Å². The summed E-state index contributed by atoms with van der Waals surface area (Å²) >= 11 is 5.84. The summed E-state index contributed by atoms with van der Waals surface area (Å²) in [6.45, 7) is 7.34. The molecular weight excluding hydrogens is 280 g/mol. The fourth-order valence-corrected chi connectivity index (χ4v) is 2.12. The van der Waals surface area contributed by atoms with Crippen molar-refractivity contribution in [3.05, 3.63) is 23.2 Å². The number of nitrogens with one attached hydrogen (secondary N) is 1. The molecule has 0 bridgehead atoms. The summed E-state index contributed by atoms with van der Waals surface area (Å²) in [5.41, 5.74) is 0.235. The molecule has 1 saturated heterocycles. The number of amides is 1. The van der Waals surface area contributed by atoms with E-state index in [0.717, 1.165) is 5.69 Å². The molecule has 2 rings (SSSR count). The van der Waals surface area contributed by atoms with Crippen molar-refractivity contribution >= 4 is 17.7 Å². The van der Waals surface area contributed by atoms with Gasteiger partial charge in [-0.05, 0) is 20.8 Å². The quantitative estimate of drug-likeness (QED) is 0.859. The lowest BCUT2D eigenvalue weighted by molar-refractivity contribution is 0.0193. The van der Waals surface area contributed by atoms with Crippen LogP contribution in [0.3, 0.4) is 0 Å². The van der Waals surface area contributed by atoms with Gasteiger partial charge in [-0.2, -0.15) is 0 Å². The lowest BCUT2D eigenvalue weighted by Crippen LogP contribution is -2.49. The van der Waals surface area contributed by atoms with Crippen molar-refractivity contribution in [2.75, 3.05) is 19.6 Å². The second kappa shape index (κ2) is 5.93. The van der Waals surface area contributed by atoms with Gasteiger partial charge in [0.1, 0.15) is 10.8 Å². The van der Waals surface area contributed by atoms with Gasteiger partial charge in [0.2, 0.25) is 0 Å².